The molecule has 0 radical (unpaired) electrons. The number of hydrogen-bond acceptors (Lipinski definition) is 5. The van der Waals surface area contributed by atoms with Crippen LogP contribution in [0.5, 0.6) is 11.5 Å². The van der Waals surface area contributed by atoms with Crippen molar-refractivity contribution in [3.63, 3.8) is 0 Å². The molecule has 0 saturated carbocycles. The standard InChI is InChI=1S/C15H19NO5/c1-4-9(2)13(15(18)19-3)16-14(17)10-5-6-11-12(7-10)21-8-20-11/h5-7,9,13H,4,8H2,1-3H3,(H,16,17)/t9-,13+/m0/s1. The van der Waals surface area contributed by atoms with Gasteiger partial charge in [-0.3, -0.25) is 4.79 Å². The fourth-order valence-corrected chi connectivity index (χ4v) is 2.06. The molecule has 0 spiro atoms. The molecule has 0 bridgehead atoms. The topological polar surface area (TPSA) is 73.9 Å². The normalized spacial score (nSPS) is 15.2. The van der Waals surface area contributed by atoms with Crippen molar-refractivity contribution in [1.29, 1.82) is 0 Å². The summed E-state index contributed by atoms with van der Waals surface area (Å²) in [4.78, 5) is 24.1. The second kappa shape index (κ2) is 6.47. The molecule has 0 aromatic heterocycles. The van der Waals surface area contributed by atoms with Gasteiger partial charge >= 0.3 is 5.97 Å². The zero-order valence-electron chi connectivity index (χ0n) is 12.3. The lowest BCUT2D eigenvalue weighted by molar-refractivity contribution is -0.144. The Morgan fingerprint density at radius 3 is 2.71 bits per heavy atom. The van der Waals surface area contributed by atoms with E-state index in [1.807, 2.05) is 13.8 Å². The van der Waals surface area contributed by atoms with Crippen LogP contribution in [0.25, 0.3) is 0 Å². The molecule has 6 nitrogen and oxygen atoms in total. The minimum atomic E-state index is -0.669. The van der Waals surface area contributed by atoms with Crippen LogP contribution in [0.4, 0.5) is 0 Å². The summed E-state index contributed by atoms with van der Waals surface area (Å²) < 4.78 is 15.2. The lowest BCUT2D eigenvalue weighted by atomic mass is 9.99. The van der Waals surface area contributed by atoms with Gasteiger partial charge in [0, 0.05) is 5.56 Å². The highest BCUT2D eigenvalue weighted by Crippen LogP contribution is 2.32. The second-order valence-electron chi connectivity index (χ2n) is 4.93. The van der Waals surface area contributed by atoms with E-state index in [0.29, 0.717) is 17.1 Å². The van der Waals surface area contributed by atoms with E-state index in [2.05, 4.69) is 5.32 Å². The van der Waals surface area contributed by atoms with Crippen molar-refractivity contribution in [2.75, 3.05) is 13.9 Å². The quantitative estimate of drug-likeness (QED) is 0.837. The molecule has 0 unspecified atom stereocenters. The highest BCUT2D eigenvalue weighted by molar-refractivity contribution is 5.97. The Labute approximate surface area is 123 Å². The molecule has 114 valence electrons. The van der Waals surface area contributed by atoms with Crippen LogP contribution in [0.2, 0.25) is 0 Å². The molecule has 2 atom stereocenters. The maximum absolute atomic E-state index is 12.3. The molecule has 2 rings (SSSR count). The molecule has 0 fully saturated rings. The predicted octanol–water partition coefficient (Wildman–Crippen LogP) is 1.73. The molecular formula is C15H19NO5. The third kappa shape index (κ3) is 3.26. The number of fused-ring (bicyclic) bond motifs is 1. The van der Waals surface area contributed by atoms with Crippen LogP contribution >= 0.6 is 0 Å². The van der Waals surface area contributed by atoms with Crippen molar-refractivity contribution in [1.82, 2.24) is 5.32 Å². The molecule has 0 saturated heterocycles. The van der Waals surface area contributed by atoms with Crippen molar-refractivity contribution in [2.24, 2.45) is 5.92 Å². The van der Waals surface area contributed by atoms with Gasteiger partial charge in [-0.15, -0.1) is 0 Å². The van der Waals surface area contributed by atoms with Gasteiger partial charge < -0.3 is 19.5 Å². The Morgan fingerprint density at radius 2 is 2.05 bits per heavy atom. The monoisotopic (exact) mass is 293 g/mol. The fraction of sp³-hybridized carbons (Fsp3) is 0.467. The van der Waals surface area contributed by atoms with Gasteiger partial charge in [0.1, 0.15) is 6.04 Å². The van der Waals surface area contributed by atoms with Crippen molar-refractivity contribution in [2.45, 2.75) is 26.3 Å². The third-order valence-corrected chi connectivity index (χ3v) is 3.59. The number of hydrogen-bond donors (Lipinski definition) is 1. The Balaban J connectivity index is 2.13. The van der Waals surface area contributed by atoms with Crippen LogP contribution in [0.3, 0.4) is 0 Å². The summed E-state index contributed by atoms with van der Waals surface area (Å²) in [7, 11) is 1.31. The molecule has 21 heavy (non-hydrogen) atoms. The number of carbonyl (C=O) groups excluding carboxylic acids is 2. The summed E-state index contributed by atoms with van der Waals surface area (Å²) in [6.07, 6.45) is 0.751. The molecule has 1 aliphatic rings. The average Bonchev–Trinajstić information content (AvgIpc) is 2.98. The third-order valence-electron chi connectivity index (χ3n) is 3.59. The van der Waals surface area contributed by atoms with E-state index in [4.69, 9.17) is 14.2 Å². The number of nitrogens with one attached hydrogen (secondary N) is 1. The minimum Gasteiger partial charge on any atom is -0.467 e. The van der Waals surface area contributed by atoms with E-state index >= 15 is 0 Å². The number of carbonyl (C=O) groups is 2. The molecule has 1 aromatic rings. The molecule has 0 aliphatic carbocycles. The van der Waals surface area contributed by atoms with Crippen LogP contribution < -0.4 is 14.8 Å². The summed E-state index contributed by atoms with van der Waals surface area (Å²) in [6, 6.07) is 4.24. The Morgan fingerprint density at radius 1 is 1.33 bits per heavy atom. The van der Waals surface area contributed by atoms with Crippen molar-refractivity contribution < 1.29 is 23.8 Å². The van der Waals surface area contributed by atoms with Gasteiger partial charge in [0.05, 0.1) is 7.11 Å². The summed E-state index contributed by atoms with van der Waals surface area (Å²) >= 11 is 0. The minimum absolute atomic E-state index is 0.0181. The van der Waals surface area contributed by atoms with Gasteiger partial charge in [0.25, 0.3) is 5.91 Å². The highest BCUT2D eigenvalue weighted by Gasteiger charge is 2.27. The first-order chi connectivity index (χ1) is 10.1. The van der Waals surface area contributed by atoms with E-state index in [1.54, 1.807) is 18.2 Å². The van der Waals surface area contributed by atoms with Gasteiger partial charge in [0.15, 0.2) is 11.5 Å². The molecule has 1 aromatic carbocycles. The number of methoxy groups -OCH3 is 1. The highest BCUT2D eigenvalue weighted by atomic mass is 16.7. The number of benzene rings is 1. The second-order valence-corrected chi connectivity index (χ2v) is 4.93. The maximum atomic E-state index is 12.3. The maximum Gasteiger partial charge on any atom is 0.328 e. The molecular weight excluding hydrogens is 274 g/mol. The van der Waals surface area contributed by atoms with Gasteiger partial charge in [0.2, 0.25) is 6.79 Å². The zero-order chi connectivity index (χ0) is 15.4. The number of amides is 1. The zero-order valence-corrected chi connectivity index (χ0v) is 12.3. The van der Waals surface area contributed by atoms with Gasteiger partial charge in [-0.25, -0.2) is 4.79 Å². The van der Waals surface area contributed by atoms with Crippen LogP contribution in [0.1, 0.15) is 30.6 Å². The lowest BCUT2D eigenvalue weighted by Crippen LogP contribution is -2.45. The summed E-state index contributed by atoms with van der Waals surface area (Å²) in [5.74, 6) is 0.330. The number of rotatable bonds is 5. The first kappa shape index (κ1) is 15.2. The van der Waals surface area contributed by atoms with Crippen molar-refractivity contribution in [3.05, 3.63) is 23.8 Å². The van der Waals surface area contributed by atoms with Crippen molar-refractivity contribution >= 4 is 11.9 Å². The molecule has 1 aliphatic heterocycles. The van der Waals surface area contributed by atoms with Gasteiger partial charge in [-0.2, -0.15) is 0 Å². The SMILES string of the molecule is CC[C@H](C)[C@@H](NC(=O)c1ccc2c(c1)OCO2)C(=O)OC. The average molecular weight is 293 g/mol. The summed E-state index contributed by atoms with van der Waals surface area (Å²) in [5.41, 5.74) is 0.413. The Hall–Kier alpha value is -2.24. The van der Waals surface area contributed by atoms with E-state index in [0.717, 1.165) is 6.42 Å². The predicted molar refractivity (Wildman–Crippen MR) is 75.3 cm³/mol. The molecule has 1 N–H and O–H groups in total. The van der Waals surface area contributed by atoms with Crippen LogP contribution in [0.15, 0.2) is 18.2 Å². The number of esters is 1. The smallest absolute Gasteiger partial charge is 0.328 e. The summed E-state index contributed by atoms with van der Waals surface area (Å²) in [6.45, 7) is 3.99. The van der Waals surface area contributed by atoms with Crippen molar-refractivity contribution in [3.8, 4) is 11.5 Å². The van der Waals surface area contributed by atoms with Crippen LogP contribution in [-0.2, 0) is 9.53 Å². The molecule has 6 heteroatoms. The van der Waals surface area contributed by atoms with E-state index in [-0.39, 0.29) is 18.6 Å². The van der Waals surface area contributed by atoms with Crippen LogP contribution in [0, 0.1) is 5.92 Å². The van der Waals surface area contributed by atoms with E-state index in [1.165, 1.54) is 7.11 Å². The Kier molecular flexibility index (Phi) is 4.67. The summed E-state index contributed by atoms with van der Waals surface area (Å²) in [5, 5.41) is 2.72. The first-order valence-corrected chi connectivity index (χ1v) is 6.85. The molecule has 1 amide bonds. The van der Waals surface area contributed by atoms with Gasteiger partial charge in [-0.05, 0) is 24.1 Å². The number of ether oxygens (including phenoxy) is 3. The first-order valence-electron chi connectivity index (χ1n) is 6.85. The fourth-order valence-electron chi connectivity index (χ4n) is 2.06. The van der Waals surface area contributed by atoms with E-state index in [9.17, 15) is 9.59 Å². The lowest BCUT2D eigenvalue weighted by Gasteiger charge is -2.21. The largest absolute Gasteiger partial charge is 0.467 e. The van der Waals surface area contributed by atoms with E-state index < -0.39 is 12.0 Å². The van der Waals surface area contributed by atoms with Crippen LogP contribution in [-0.4, -0.2) is 31.8 Å². The molecule has 1 heterocycles. The van der Waals surface area contributed by atoms with Gasteiger partial charge in [-0.1, -0.05) is 20.3 Å². The Bertz CT molecular complexity index is 543.